The summed E-state index contributed by atoms with van der Waals surface area (Å²) < 4.78 is 5.79. The van der Waals surface area contributed by atoms with Gasteiger partial charge in [-0.2, -0.15) is 0 Å². The van der Waals surface area contributed by atoms with Crippen LogP contribution in [-0.4, -0.2) is 19.9 Å². The van der Waals surface area contributed by atoms with E-state index in [4.69, 9.17) is 14.4 Å². The number of benzene rings is 1. The van der Waals surface area contributed by atoms with Crippen LogP contribution < -0.4 is 5.32 Å². The number of para-hydroxylation sites is 2. The Bertz CT molecular complexity index is 1040. The first-order chi connectivity index (χ1) is 12.9. The Labute approximate surface area is 150 Å². The highest BCUT2D eigenvalue weighted by molar-refractivity contribution is 5.72. The Morgan fingerprint density at radius 2 is 1.88 bits per heavy atom. The van der Waals surface area contributed by atoms with Crippen LogP contribution in [0.25, 0.3) is 22.6 Å². The largest absolute Gasteiger partial charge is 0.439 e. The zero-order chi connectivity index (χ0) is 17.3. The first-order valence-electron chi connectivity index (χ1n) is 8.76. The van der Waals surface area contributed by atoms with Crippen LogP contribution in [0.4, 0.5) is 5.82 Å². The molecule has 1 N–H and O–H groups in total. The molecule has 128 valence electrons. The van der Waals surface area contributed by atoms with Crippen LogP contribution in [0, 0.1) is 0 Å². The number of anilines is 1. The second kappa shape index (κ2) is 6.22. The van der Waals surface area contributed by atoms with Gasteiger partial charge in [-0.25, -0.2) is 15.0 Å². The predicted molar refractivity (Wildman–Crippen MR) is 98.6 cm³/mol. The van der Waals surface area contributed by atoms with Gasteiger partial charge >= 0.3 is 0 Å². The van der Waals surface area contributed by atoms with E-state index in [1.807, 2.05) is 42.5 Å². The Morgan fingerprint density at radius 3 is 2.77 bits per heavy atom. The van der Waals surface area contributed by atoms with Crippen molar-refractivity contribution in [2.45, 2.75) is 25.8 Å². The number of fused-ring (bicyclic) bond motifs is 2. The molecule has 4 aromatic rings. The molecule has 0 spiro atoms. The molecule has 3 heterocycles. The fourth-order valence-electron chi connectivity index (χ4n) is 3.34. The molecule has 0 aliphatic heterocycles. The first-order valence-corrected chi connectivity index (χ1v) is 8.76. The van der Waals surface area contributed by atoms with Gasteiger partial charge in [0.05, 0.1) is 6.54 Å². The lowest BCUT2D eigenvalue weighted by Crippen LogP contribution is -2.08. The minimum Gasteiger partial charge on any atom is -0.439 e. The number of hydrogen-bond donors (Lipinski definition) is 1. The van der Waals surface area contributed by atoms with Gasteiger partial charge in [0, 0.05) is 17.5 Å². The number of aryl methyl sites for hydroxylation is 1. The van der Waals surface area contributed by atoms with E-state index in [0.29, 0.717) is 18.3 Å². The number of nitrogens with one attached hydrogen (secondary N) is 1. The second-order valence-electron chi connectivity index (χ2n) is 6.32. The van der Waals surface area contributed by atoms with Crippen LogP contribution in [0.15, 0.2) is 53.1 Å². The van der Waals surface area contributed by atoms with E-state index in [1.165, 1.54) is 5.56 Å². The molecule has 26 heavy (non-hydrogen) atoms. The topological polar surface area (TPSA) is 76.7 Å². The van der Waals surface area contributed by atoms with Gasteiger partial charge in [0.15, 0.2) is 11.4 Å². The van der Waals surface area contributed by atoms with Crippen molar-refractivity contribution in [1.82, 2.24) is 19.9 Å². The van der Waals surface area contributed by atoms with Crippen LogP contribution in [0.3, 0.4) is 0 Å². The van der Waals surface area contributed by atoms with Crippen LogP contribution >= 0.6 is 0 Å². The minimum absolute atomic E-state index is 0.486. The summed E-state index contributed by atoms with van der Waals surface area (Å²) in [6.45, 7) is 0.486. The third-order valence-electron chi connectivity index (χ3n) is 4.57. The van der Waals surface area contributed by atoms with Gasteiger partial charge in [0.25, 0.3) is 0 Å². The van der Waals surface area contributed by atoms with Crippen molar-refractivity contribution >= 4 is 16.9 Å². The number of oxazole rings is 1. The third-order valence-corrected chi connectivity index (χ3v) is 4.57. The van der Waals surface area contributed by atoms with E-state index < -0.39 is 0 Å². The Balaban J connectivity index is 1.47. The lowest BCUT2D eigenvalue weighted by molar-refractivity contribution is 0.540. The van der Waals surface area contributed by atoms with Gasteiger partial charge in [0.1, 0.15) is 17.0 Å². The molecule has 0 unspecified atom stereocenters. The average molecular weight is 343 g/mol. The summed E-state index contributed by atoms with van der Waals surface area (Å²) in [5, 5.41) is 3.40. The summed E-state index contributed by atoms with van der Waals surface area (Å²) in [6, 6.07) is 13.5. The molecule has 6 nitrogen and oxygen atoms in total. The standard InChI is InChI=1S/C20H17N5O/c1-2-10-17-15(7-1)23-18(26-17)12-22-19-13-6-5-9-14(13)24-20(25-19)16-8-3-4-11-21-16/h1-4,7-8,10-11H,5-6,9,12H2,(H,22,24,25). The lowest BCUT2D eigenvalue weighted by Gasteiger charge is -2.11. The van der Waals surface area contributed by atoms with Gasteiger partial charge in [0.2, 0.25) is 5.89 Å². The van der Waals surface area contributed by atoms with Gasteiger partial charge < -0.3 is 9.73 Å². The molecule has 0 fully saturated rings. The molecule has 1 aliphatic carbocycles. The molecule has 0 bridgehead atoms. The molecule has 0 saturated heterocycles. The Morgan fingerprint density at radius 1 is 0.962 bits per heavy atom. The van der Waals surface area contributed by atoms with E-state index in [9.17, 15) is 0 Å². The van der Waals surface area contributed by atoms with E-state index in [-0.39, 0.29) is 0 Å². The van der Waals surface area contributed by atoms with Crippen LogP contribution in [0.5, 0.6) is 0 Å². The molecule has 1 aromatic carbocycles. The normalized spacial score (nSPS) is 13.1. The maximum absolute atomic E-state index is 5.79. The molecule has 1 aliphatic rings. The van der Waals surface area contributed by atoms with Crippen molar-refractivity contribution in [3.05, 3.63) is 65.8 Å². The quantitative estimate of drug-likeness (QED) is 0.608. The van der Waals surface area contributed by atoms with Crippen LogP contribution in [0.2, 0.25) is 0 Å². The van der Waals surface area contributed by atoms with E-state index >= 15 is 0 Å². The monoisotopic (exact) mass is 343 g/mol. The van der Waals surface area contributed by atoms with Crippen LogP contribution in [0.1, 0.15) is 23.6 Å². The lowest BCUT2D eigenvalue weighted by atomic mass is 10.2. The van der Waals surface area contributed by atoms with Crippen molar-refractivity contribution in [3.8, 4) is 11.5 Å². The third kappa shape index (κ3) is 2.69. The summed E-state index contributed by atoms with van der Waals surface area (Å²) in [5.41, 5.74) is 4.76. The molecule has 5 rings (SSSR count). The molecule has 3 aromatic heterocycles. The zero-order valence-corrected chi connectivity index (χ0v) is 14.1. The van der Waals surface area contributed by atoms with Crippen molar-refractivity contribution in [3.63, 3.8) is 0 Å². The molecule has 0 saturated carbocycles. The molecule has 6 heteroatoms. The van der Waals surface area contributed by atoms with Crippen molar-refractivity contribution in [1.29, 1.82) is 0 Å². The summed E-state index contributed by atoms with van der Waals surface area (Å²) >= 11 is 0. The molecular formula is C20H17N5O. The van der Waals surface area contributed by atoms with Gasteiger partial charge in [-0.05, 0) is 43.5 Å². The number of pyridine rings is 1. The van der Waals surface area contributed by atoms with Gasteiger partial charge in [-0.15, -0.1) is 0 Å². The van der Waals surface area contributed by atoms with Gasteiger partial charge in [-0.3, -0.25) is 4.98 Å². The number of rotatable bonds is 4. The minimum atomic E-state index is 0.486. The van der Waals surface area contributed by atoms with E-state index in [2.05, 4.69) is 15.3 Å². The van der Waals surface area contributed by atoms with Crippen LogP contribution in [-0.2, 0) is 19.4 Å². The molecule has 0 radical (unpaired) electrons. The zero-order valence-electron chi connectivity index (χ0n) is 14.1. The maximum atomic E-state index is 5.79. The number of hydrogen-bond acceptors (Lipinski definition) is 6. The molecule has 0 atom stereocenters. The van der Waals surface area contributed by atoms with Crippen molar-refractivity contribution in [2.75, 3.05) is 5.32 Å². The summed E-state index contributed by atoms with van der Waals surface area (Å²) in [7, 11) is 0. The fraction of sp³-hybridized carbons (Fsp3) is 0.200. The fourth-order valence-corrected chi connectivity index (χ4v) is 3.34. The average Bonchev–Trinajstić information content (AvgIpc) is 3.33. The van der Waals surface area contributed by atoms with E-state index in [0.717, 1.165) is 47.6 Å². The highest BCUT2D eigenvalue weighted by Crippen LogP contribution is 2.29. The first kappa shape index (κ1) is 15.0. The SMILES string of the molecule is c1ccc(-c2nc3c(c(NCc4nc5ccccc5o4)n2)CCC3)nc1. The Hall–Kier alpha value is -3.28. The smallest absolute Gasteiger partial charge is 0.214 e. The molecule has 0 amide bonds. The van der Waals surface area contributed by atoms with Crippen molar-refractivity contribution in [2.24, 2.45) is 0 Å². The number of nitrogens with zero attached hydrogens (tertiary/aromatic N) is 4. The van der Waals surface area contributed by atoms with Crippen molar-refractivity contribution < 1.29 is 4.42 Å². The summed E-state index contributed by atoms with van der Waals surface area (Å²) in [6.07, 6.45) is 4.84. The van der Waals surface area contributed by atoms with E-state index in [1.54, 1.807) is 6.20 Å². The highest BCUT2D eigenvalue weighted by Gasteiger charge is 2.20. The maximum Gasteiger partial charge on any atom is 0.214 e. The Kier molecular flexibility index (Phi) is 3.59. The second-order valence-corrected chi connectivity index (χ2v) is 6.32. The van der Waals surface area contributed by atoms with Gasteiger partial charge in [-0.1, -0.05) is 18.2 Å². The number of aromatic nitrogens is 4. The highest BCUT2D eigenvalue weighted by atomic mass is 16.3. The summed E-state index contributed by atoms with van der Waals surface area (Å²) in [4.78, 5) is 18.3. The molecular weight excluding hydrogens is 326 g/mol. The summed E-state index contributed by atoms with van der Waals surface area (Å²) in [5.74, 6) is 2.16. The predicted octanol–water partition coefficient (Wildman–Crippen LogP) is 3.78.